The molecular formula is C22H28N6O. The standard InChI is InChI=1S/C22H28N6O/c1-4-23-22(25-15-21-27-26-16-28(21)5-2)24-14-18-12-11-17(3)13-20(18)29-19-9-7-6-8-10-19/h6-13,16H,4-5,14-15H2,1-3H3,(H2,23,24,25). The van der Waals surface area contributed by atoms with Crippen LogP contribution in [0.2, 0.25) is 0 Å². The Hall–Kier alpha value is -3.35. The van der Waals surface area contributed by atoms with E-state index < -0.39 is 0 Å². The molecule has 152 valence electrons. The van der Waals surface area contributed by atoms with Crippen molar-refractivity contribution in [2.45, 2.75) is 40.4 Å². The molecule has 3 aromatic rings. The highest BCUT2D eigenvalue weighted by atomic mass is 16.5. The van der Waals surface area contributed by atoms with E-state index in [0.29, 0.717) is 13.1 Å². The number of nitrogens with one attached hydrogen (secondary N) is 2. The fourth-order valence-electron chi connectivity index (χ4n) is 2.85. The van der Waals surface area contributed by atoms with Crippen LogP contribution in [0.25, 0.3) is 0 Å². The van der Waals surface area contributed by atoms with Crippen molar-refractivity contribution >= 4 is 5.96 Å². The molecule has 0 fully saturated rings. The van der Waals surface area contributed by atoms with Crippen LogP contribution in [-0.2, 0) is 19.6 Å². The largest absolute Gasteiger partial charge is 0.457 e. The van der Waals surface area contributed by atoms with E-state index in [-0.39, 0.29) is 0 Å². The SMILES string of the molecule is CCNC(=NCc1ccc(C)cc1Oc1ccccc1)NCc1nncn1CC. The molecule has 0 saturated heterocycles. The van der Waals surface area contributed by atoms with Gasteiger partial charge in [-0.15, -0.1) is 10.2 Å². The van der Waals surface area contributed by atoms with Crippen molar-refractivity contribution in [3.05, 3.63) is 71.8 Å². The minimum Gasteiger partial charge on any atom is -0.457 e. The Morgan fingerprint density at radius 2 is 1.93 bits per heavy atom. The lowest BCUT2D eigenvalue weighted by Gasteiger charge is -2.13. The smallest absolute Gasteiger partial charge is 0.191 e. The van der Waals surface area contributed by atoms with Gasteiger partial charge >= 0.3 is 0 Å². The van der Waals surface area contributed by atoms with Crippen molar-refractivity contribution in [3.8, 4) is 11.5 Å². The molecule has 0 bridgehead atoms. The first-order chi connectivity index (χ1) is 14.2. The van der Waals surface area contributed by atoms with Gasteiger partial charge in [0.2, 0.25) is 0 Å². The molecule has 7 nitrogen and oxygen atoms in total. The zero-order valence-corrected chi connectivity index (χ0v) is 17.2. The molecule has 0 aliphatic rings. The zero-order chi connectivity index (χ0) is 20.5. The van der Waals surface area contributed by atoms with Gasteiger partial charge in [-0.2, -0.15) is 0 Å². The highest BCUT2D eigenvalue weighted by Crippen LogP contribution is 2.27. The van der Waals surface area contributed by atoms with E-state index in [9.17, 15) is 0 Å². The summed E-state index contributed by atoms with van der Waals surface area (Å²) in [5, 5.41) is 14.7. The molecule has 0 unspecified atom stereocenters. The van der Waals surface area contributed by atoms with Gasteiger partial charge in [0.05, 0.1) is 13.1 Å². The first-order valence-electron chi connectivity index (χ1n) is 9.91. The van der Waals surface area contributed by atoms with Gasteiger partial charge in [-0.25, -0.2) is 4.99 Å². The van der Waals surface area contributed by atoms with Crippen LogP contribution in [0, 0.1) is 6.92 Å². The number of para-hydroxylation sites is 1. The summed E-state index contributed by atoms with van der Waals surface area (Å²) < 4.78 is 8.10. The number of aromatic nitrogens is 3. The molecule has 0 radical (unpaired) electrons. The first kappa shape index (κ1) is 20.4. The van der Waals surface area contributed by atoms with Crippen LogP contribution in [-0.4, -0.2) is 27.3 Å². The molecule has 3 rings (SSSR count). The Morgan fingerprint density at radius 3 is 2.69 bits per heavy atom. The lowest BCUT2D eigenvalue weighted by molar-refractivity contribution is 0.476. The highest BCUT2D eigenvalue weighted by Gasteiger charge is 2.08. The molecular weight excluding hydrogens is 364 g/mol. The van der Waals surface area contributed by atoms with Crippen molar-refractivity contribution in [1.29, 1.82) is 0 Å². The predicted molar refractivity (Wildman–Crippen MR) is 115 cm³/mol. The maximum Gasteiger partial charge on any atom is 0.191 e. The summed E-state index contributed by atoms with van der Waals surface area (Å²) in [5.74, 6) is 3.24. The predicted octanol–water partition coefficient (Wildman–Crippen LogP) is 3.65. The van der Waals surface area contributed by atoms with Crippen LogP contribution in [0.3, 0.4) is 0 Å². The second-order valence-corrected chi connectivity index (χ2v) is 6.61. The fourth-order valence-corrected chi connectivity index (χ4v) is 2.85. The third-order valence-corrected chi connectivity index (χ3v) is 4.40. The second-order valence-electron chi connectivity index (χ2n) is 6.61. The maximum absolute atomic E-state index is 6.10. The number of aryl methyl sites for hydroxylation is 2. The monoisotopic (exact) mass is 392 g/mol. The van der Waals surface area contributed by atoms with Crippen LogP contribution in [0.5, 0.6) is 11.5 Å². The van der Waals surface area contributed by atoms with Crippen LogP contribution < -0.4 is 15.4 Å². The molecule has 0 aliphatic heterocycles. The summed E-state index contributed by atoms with van der Waals surface area (Å²) in [5.41, 5.74) is 2.17. The average Bonchev–Trinajstić information content (AvgIpc) is 3.19. The number of benzene rings is 2. The van der Waals surface area contributed by atoms with E-state index in [1.54, 1.807) is 6.33 Å². The van der Waals surface area contributed by atoms with E-state index in [2.05, 4.69) is 46.8 Å². The van der Waals surface area contributed by atoms with Gasteiger partial charge in [0.15, 0.2) is 11.8 Å². The van der Waals surface area contributed by atoms with Crippen molar-refractivity contribution in [2.75, 3.05) is 6.54 Å². The Balaban J connectivity index is 1.73. The second kappa shape index (κ2) is 10.3. The van der Waals surface area contributed by atoms with Gasteiger partial charge in [-0.05, 0) is 44.5 Å². The number of nitrogens with zero attached hydrogens (tertiary/aromatic N) is 4. The first-order valence-corrected chi connectivity index (χ1v) is 9.91. The molecule has 7 heteroatoms. The van der Waals surface area contributed by atoms with Gasteiger partial charge in [0.1, 0.15) is 17.8 Å². The fraction of sp³-hybridized carbons (Fsp3) is 0.318. The maximum atomic E-state index is 6.10. The summed E-state index contributed by atoms with van der Waals surface area (Å²) in [7, 11) is 0. The Bertz CT molecular complexity index is 935. The molecule has 2 N–H and O–H groups in total. The zero-order valence-electron chi connectivity index (χ0n) is 17.2. The van der Waals surface area contributed by atoms with Crippen LogP contribution in [0.15, 0.2) is 59.9 Å². The quantitative estimate of drug-likeness (QED) is 0.452. The number of ether oxygens (including phenoxy) is 1. The van der Waals surface area contributed by atoms with E-state index >= 15 is 0 Å². The van der Waals surface area contributed by atoms with E-state index in [1.165, 1.54) is 0 Å². The molecule has 0 amide bonds. The van der Waals surface area contributed by atoms with Crippen LogP contribution >= 0.6 is 0 Å². The Labute approximate surface area is 171 Å². The van der Waals surface area contributed by atoms with Crippen molar-refractivity contribution in [3.63, 3.8) is 0 Å². The molecule has 0 aliphatic carbocycles. The molecule has 29 heavy (non-hydrogen) atoms. The lowest BCUT2D eigenvalue weighted by atomic mass is 10.1. The number of hydrogen-bond acceptors (Lipinski definition) is 4. The van der Waals surface area contributed by atoms with E-state index in [0.717, 1.165) is 47.5 Å². The van der Waals surface area contributed by atoms with Crippen molar-refractivity contribution < 1.29 is 4.74 Å². The third-order valence-electron chi connectivity index (χ3n) is 4.40. The van der Waals surface area contributed by atoms with Gasteiger partial charge < -0.3 is 19.9 Å². The van der Waals surface area contributed by atoms with Gasteiger partial charge in [-0.3, -0.25) is 0 Å². The normalized spacial score (nSPS) is 11.3. The molecule has 1 heterocycles. The average molecular weight is 393 g/mol. The number of guanidine groups is 1. The topological polar surface area (TPSA) is 76.4 Å². The minimum absolute atomic E-state index is 0.498. The molecule has 0 saturated carbocycles. The Morgan fingerprint density at radius 1 is 1.10 bits per heavy atom. The molecule has 2 aromatic carbocycles. The number of hydrogen-bond donors (Lipinski definition) is 2. The number of rotatable bonds is 8. The minimum atomic E-state index is 0.498. The Kier molecular flexibility index (Phi) is 7.22. The summed E-state index contributed by atoms with van der Waals surface area (Å²) >= 11 is 0. The van der Waals surface area contributed by atoms with Crippen molar-refractivity contribution in [2.24, 2.45) is 4.99 Å². The van der Waals surface area contributed by atoms with Crippen LogP contribution in [0.4, 0.5) is 0 Å². The van der Waals surface area contributed by atoms with Gasteiger partial charge in [-0.1, -0.05) is 30.3 Å². The third kappa shape index (κ3) is 5.81. The van der Waals surface area contributed by atoms with E-state index in [1.807, 2.05) is 47.9 Å². The molecule has 1 aromatic heterocycles. The molecule has 0 spiro atoms. The highest BCUT2D eigenvalue weighted by molar-refractivity contribution is 5.79. The summed E-state index contributed by atoms with van der Waals surface area (Å²) in [6.45, 7) is 8.83. The lowest BCUT2D eigenvalue weighted by Crippen LogP contribution is -2.37. The van der Waals surface area contributed by atoms with Crippen molar-refractivity contribution in [1.82, 2.24) is 25.4 Å². The van der Waals surface area contributed by atoms with Crippen LogP contribution in [0.1, 0.15) is 30.8 Å². The van der Waals surface area contributed by atoms with Gasteiger partial charge in [0.25, 0.3) is 0 Å². The van der Waals surface area contributed by atoms with Gasteiger partial charge in [0, 0.05) is 18.7 Å². The summed E-state index contributed by atoms with van der Waals surface area (Å²) in [4.78, 5) is 4.73. The molecule has 0 atom stereocenters. The summed E-state index contributed by atoms with van der Waals surface area (Å²) in [6.07, 6.45) is 1.74. The summed E-state index contributed by atoms with van der Waals surface area (Å²) in [6, 6.07) is 16.0. The number of aliphatic imine (C=N–C) groups is 1. The van der Waals surface area contributed by atoms with E-state index in [4.69, 9.17) is 9.73 Å².